The van der Waals surface area contributed by atoms with Gasteiger partial charge in [-0.1, -0.05) is 0 Å². The van der Waals surface area contributed by atoms with E-state index in [4.69, 9.17) is 19.3 Å². The topological polar surface area (TPSA) is 77.0 Å². The number of hydrogen-bond acceptors (Lipinski definition) is 5. The summed E-state index contributed by atoms with van der Waals surface area (Å²) in [6, 6.07) is 3.29. The minimum atomic E-state index is -0.968. The van der Waals surface area contributed by atoms with E-state index in [-0.39, 0.29) is 6.54 Å². The van der Waals surface area contributed by atoms with Crippen molar-refractivity contribution >= 4 is 11.7 Å². The molecular weight excluding hydrogens is 226 g/mol. The van der Waals surface area contributed by atoms with Gasteiger partial charge in [-0.2, -0.15) is 0 Å². The third kappa shape index (κ3) is 3.17. The second-order valence-corrected chi connectivity index (χ2v) is 3.15. The predicted molar refractivity (Wildman–Crippen MR) is 62.2 cm³/mol. The van der Waals surface area contributed by atoms with E-state index in [1.807, 2.05) is 0 Å². The summed E-state index contributed by atoms with van der Waals surface area (Å²) in [5, 5.41) is 11.4. The van der Waals surface area contributed by atoms with Crippen molar-refractivity contribution in [3.63, 3.8) is 0 Å². The standard InChI is InChI=1S/C11H15NO5/c1-15-7-4-8(16-2)11(9(5-7)17-3)12-6-10(13)14/h4-5,12H,6H2,1-3H3,(H,13,14). The number of anilines is 1. The second kappa shape index (κ2) is 5.83. The van der Waals surface area contributed by atoms with Gasteiger partial charge in [0.25, 0.3) is 0 Å². The van der Waals surface area contributed by atoms with Crippen LogP contribution < -0.4 is 19.5 Å². The number of benzene rings is 1. The highest BCUT2D eigenvalue weighted by Crippen LogP contribution is 2.38. The molecule has 0 heterocycles. The largest absolute Gasteiger partial charge is 0.496 e. The van der Waals surface area contributed by atoms with Gasteiger partial charge in [0.05, 0.1) is 21.3 Å². The lowest BCUT2D eigenvalue weighted by atomic mass is 10.2. The van der Waals surface area contributed by atoms with E-state index < -0.39 is 5.97 Å². The summed E-state index contributed by atoms with van der Waals surface area (Å²) >= 11 is 0. The zero-order valence-electron chi connectivity index (χ0n) is 9.94. The van der Waals surface area contributed by atoms with Crippen LogP contribution in [0.2, 0.25) is 0 Å². The van der Waals surface area contributed by atoms with E-state index in [0.717, 1.165) is 0 Å². The molecule has 6 nitrogen and oxygen atoms in total. The van der Waals surface area contributed by atoms with Gasteiger partial charge >= 0.3 is 5.97 Å². The van der Waals surface area contributed by atoms with Crippen molar-refractivity contribution in [3.8, 4) is 17.2 Å². The average molecular weight is 241 g/mol. The molecule has 0 unspecified atom stereocenters. The van der Waals surface area contributed by atoms with E-state index in [0.29, 0.717) is 22.9 Å². The van der Waals surface area contributed by atoms with E-state index >= 15 is 0 Å². The van der Waals surface area contributed by atoms with Crippen LogP contribution in [0.25, 0.3) is 0 Å². The summed E-state index contributed by atoms with van der Waals surface area (Å²) in [5.41, 5.74) is 0.484. The molecule has 0 aromatic heterocycles. The Hall–Kier alpha value is -2.11. The predicted octanol–water partition coefficient (Wildman–Crippen LogP) is 1.21. The molecule has 0 aliphatic carbocycles. The number of carboxylic acids is 1. The molecular formula is C11H15NO5. The van der Waals surface area contributed by atoms with E-state index in [9.17, 15) is 4.79 Å². The summed E-state index contributed by atoms with van der Waals surface area (Å²) < 4.78 is 15.4. The highest BCUT2D eigenvalue weighted by atomic mass is 16.5. The van der Waals surface area contributed by atoms with Crippen molar-refractivity contribution in [1.82, 2.24) is 0 Å². The maximum absolute atomic E-state index is 10.5. The number of rotatable bonds is 6. The van der Waals surface area contributed by atoms with Crippen LogP contribution in [0.1, 0.15) is 0 Å². The summed E-state index contributed by atoms with van der Waals surface area (Å²) in [5.74, 6) is 0.523. The van der Waals surface area contributed by atoms with Crippen LogP contribution in [-0.4, -0.2) is 38.9 Å². The zero-order valence-corrected chi connectivity index (χ0v) is 9.94. The number of nitrogens with one attached hydrogen (secondary N) is 1. The molecule has 0 atom stereocenters. The normalized spacial score (nSPS) is 9.59. The van der Waals surface area contributed by atoms with Crippen LogP contribution in [0, 0.1) is 0 Å². The first-order valence-electron chi connectivity index (χ1n) is 4.88. The number of methoxy groups -OCH3 is 3. The molecule has 2 N–H and O–H groups in total. The first-order chi connectivity index (χ1) is 8.12. The Bertz CT molecular complexity index is 380. The van der Waals surface area contributed by atoms with Gasteiger partial charge in [-0.15, -0.1) is 0 Å². The highest BCUT2D eigenvalue weighted by Gasteiger charge is 2.13. The molecule has 94 valence electrons. The van der Waals surface area contributed by atoms with Crippen LogP contribution in [0.3, 0.4) is 0 Å². The van der Waals surface area contributed by atoms with Crippen molar-refractivity contribution < 1.29 is 24.1 Å². The van der Waals surface area contributed by atoms with Crippen LogP contribution in [0.4, 0.5) is 5.69 Å². The summed E-state index contributed by atoms with van der Waals surface area (Å²) in [6.45, 7) is -0.223. The molecule has 0 bridgehead atoms. The molecule has 17 heavy (non-hydrogen) atoms. The van der Waals surface area contributed by atoms with E-state index in [1.165, 1.54) is 21.3 Å². The molecule has 0 saturated carbocycles. The monoisotopic (exact) mass is 241 g/mol. The summed E-state index contributed by atoms with van der Waals surface area (Å²) in [6.07, 6.45) is 0. The van der Waals surface area contributed by atoms with Gasteiger partial charge in [0.15, 0.2) is 0 Å². The Morgan fingerprint density at radius 1 is 1.18 bits per heavy atom. The number of carbonyl (C=O) groups is 1. The molecule has 1 aromatic rings. The molecule has 0 saturated heterocycles. The third-order valence-electron chi connectivity index (χ3n) is 2.13. The maximum atomic E-state index is 10.5. The Kier molecular flexibility index (Phi) is 4.45. The second-order valence-electron chi connectivity index (χ2n) is 3.15. The molecule has 0 amide bonds. The Labute approximate surface area is 99.1 Å². The van der Waals surface area contributed by atoms with Gasteiger partial charge in [-0.05, 0) is 0 Å². The van der Waals surface area contributed by atoms with Gasteiger partial charge in [0, 0.05) is 12.1 Å². The fourth-order valence-electron chi connectivity index (χ4n) is 1.34. The van der Waals surface area contributed by atoms with Crippen LogP contribution in [0.15, 0.2) is 12.1 Å². The molecule has 0 fully saturated rings. The lowest BCUT2D eigenvalue weighted by Crippen LogP contribution is -2.13. The Morgan fingerprint density at radius 2 is 1.71 bits per heavy atom. The van der Waals surface area contributed by atoms with E-state index in [2.05, 4.69) is 5.32 Å². The molecule has 0 aliphatic rings. The van der Waals surface area contributed by atoms with Crippen LogP contribution in [0.5, 0.6) is 17.2 Å². The number of aliphatic carboxylic acids is 1. The van der Waals surface area contributed by atoms with Gasteiger partial charge in [0.1, 0.15) is 29.5 Å². The lowest BCUT2D eigenvalue weighted by molar-refractivity contribution is -0.134. The number of ether oxygens (including phenoxy) is 3. The average Bonchev–Trinajstić information content (AvgIpc) is 2.34. The van der Waals surface area contributed by atoms with Crippen LogP contribution >= 0.6 is 0 Å². The van der Waals surface area contributed by atoms with Gasteiger partial charge in [0.2, 0.25) is 0 Å². The lowest BCUT2D eigenvalue weighted by Gasteiger charge is -2.15. The smallest absolute Gasteiger partial charge is 0.322 e. The van der Waals surface area contributed by atoms with Crippen molar-refractivity contribution in [3.05, 3.63) is 12.1 Å². The quantitative estimate of drug-likeness (QED) is 0.779. The first-order valence-corrected chi connectivity index (χ1v) is 4.88. The van der Waals surface area contributed by atoms with Crippen molar-refractivity contribution in [2.45, 2.75) is 0 Å². The third-order valence-corrected chi connectivity index (χ3v) is 2.13. The summed E-state index contributed by atoms with van der Waals surface area (Å²) in [7, 11) is 4.50. The van der Waals surface area contributed by atoms with E-state index in [1.54, 1.807) is 12.1 Å². The molecule has 0 aliphatic heterocycles. The molecule has 1 rings (SSSR count). The van der Waals surface area contributed by atoms with Crippen molar-refractivity contribution in [2.24, 2.45) is 0 Å². The van der Waals surface area contributed by atoms with Gasteiger partial charge in [-0.25, -0.2) is 0 Å². The fraction of sp³-hybridized carbons (Fsp3) is 0.364. The maximum Gasteiger partial charge on any atom is 0.322 e. The first kappa shape index (κ1) is 13.0. The minimum Gasteiger partial charge on any atom is -0.496 e. The number of hydrogen-bond donors (Lipinski definition) is 2. The number of carboxylic acid groups (broad SMARTS) is 1. The minimum absolute atomic E-state index is 0.223. The Balaban J connectivity index is 3.10. The fourth-order valence-corrected chi connectivity index (χ4v) is 1.34. The van der Waals surface area contributed by atoms with Gasteiger partial charge < -0.3 is 24.6 Å². The SMILES string of the molecule is COc1cc(OC)c(NCC(=O)O)c(OC)c1. The van der Waals surface area contributed by atoms with Gasteiger partial charge in [-0.3, -0.25) is 4.79 Å². The van der Waals surface area contributed by atoms with Crippen molar-refractivity contribution in [1.29, 1.82) is 0 Å². The van der Waals surface area contributed by atoms with Crippen molar-refractivity contribution in [2.75, 3.05) is 33.2 Å². The summed E-state index contributed by atoms with van der Waals surface area (Å²) in [4.78, 5) is 10.5. The molecule has 6 heteroatoms. The zero-order chi connectivity index (χ0) is 12.8. The Morgan fingerprint density at radius 3 is 2.06 bits per heavy atom. The molecule has 0 spiro atoms. The van der Waals surface area contributed by atoms with Crippen LogP contribution in [-0.2, 0) is 4.79 Å². The highest BCUT2D eigenvalue weighted by molar-refractivity contribution is 5.77. The molecule has 0 radical (unpaired) electrons. The molecule has 1 aromatic carbocycles.